The molecule has 0 radical (unpaired) electrons. The Morgan fingerprint density at radius 3 is 2.27 bits per heavy atom. The molecule has 0 saturated heterocycles. The largest absolute Gasteiger partial charge is 0.497 e. The van der Waals surface area contributed by atoms with Gasteiger partial charge >= 0.3 is 0 Å². The van der Waals surface area contributed by atoms with Crippen LogP contribution in [0.4, 0.5) is 5.69 Å². The fourth-order valence-electron chi connectivity index (χ4n) is 2.28. The van der Waals surface area contributed by atoms with Crippen molar-refractivity contribution in [3.63, 3.8) is 0 Å². The van der Waals surface area contributed by atoms with Crippen molar-refractivity contribution in [1.82, 2.24) is 5.32 Å². The van der Waals surface area contributed by atoms with Crippen molar-refractivity contribution in [1.29, 1.82) is 0 Å². The van der Waals surface area contributed by atoms with Gasteiger partial charge in [0.1, 0.15) is 16.9 Å². The lowest BCUT2D eigenvalue weighted by Gasteiger charge is -2.23. The van der Waals surface area contributed by atoms with Crippen LogP contribution in [0.2, 0.25) is 0 Å². The molecule has 0 unspecified atom stereocenters. The number of hydrogen-bond acceptors (Lipinski definition) is 4. The van der Waals surface area contributed by atoms with Gasteiger partial charge in [0.25, 0.3) is 0 Å². The average molecular weight is 356 g/mol. The summed E-state index contributed by atoms with van der Waals surface area (Å²) >= 11 is 0. The first-order valence-electron chi connectivity index (χ1n) is 8.24. The molecular formula is C20H24N2O4. The predicted molar refractivity (Wildman–Crippen MR) is 100 cm³/mol. The minimum absolute atomic E-state index is 0.355. The maximum Gasteiger partial charge on any atom is 0.239 e. The van der Waals surface area contributed by atoms with Crippen LogP contribution in [0.15, 0.2) is 48.5 Å². The quantitative estimate of drug-likeness (QED) is 0.748. The topological polar surface area (TPSA) is 76.7 Å². The van der Waals surface area contributed by atoms with Crippen LogP contribution >= 0.6 is 0 Å². The van der Waals surface area contributed by atoms with Crippen LogP contribution in [0.3, 0.4) is 0 Å². The molecule has 0 aliphatic heterocycles. The van der Waals surface area contributed by atoms with Crippen LogP contribution in [-0.2, 0) is 16.1 Å². The smallest absolute Gasteiger partial charge is 0.239 e. The van der Waals surface area contributed by atoms with Crippen molar-refractivity contribution in [2.75, 3.05) is 19.5 Å². The number of anilines is 1. The molecule has 0 fully saturated rings. The van der Waals surface area contributed by atoms with Gasteiger partial charge in [0.15, 0.2) is 0 Å². The van der Waals surface area contributed by atoms with Crippen molar-refractivity contribution in [2.24, 2.45) is 5.41 Å². The van der Waals surface area contributed by atoms with Gasteiger partial charge < -0.3 is 20.1 Å². The van der Waals surface area contributed by atoms with E-state index in [0.29, 0.717) is 23.7 Å². The molecule has 0 saturated carbocycles. The minimum atomic E-state index is -1.25. The third-order valence-corrected chi connectivity index (χ3v) is 4.09. The van der Waals surface area contributed by atoms with Gasteiger partial charge in [-0.25, -0.2) is 0 Å². The normalized spacial score (nSPS) is 10.8. The highest BCUT2D eigenvalue weighted by molar-refractivity contribution is 6.10. The number of ether oxygens (including phenoxy) is 2. The van der Waals surface area contributed by atoms with Gasteiger partial charge in [0, 0.05) is 12.6 Å². The van der Waals surface area contributed by atoms with Crippen molar-refractivity contribution in [2.45, 2.75) is 20.4 Å². The van der Waals surface area contributed by atoms with E-state index in [1.54, 1.807) is 39.2 Å². The molecule has 0 aliphatic rings. The van der Waals surface area contributed by atoms with E-state index in [2.05, 4.69) is 10.6 Å². The van der Waals surface area contributed by atoms with Crippen molar-refractivity contribution in [3.8, 4) is 11.5 Å². The lowest BCUT2D eigenvalue weighted by atomic mass is 9.90. The van der Waals surface area contributed by atoms with E-state index in [-0.39, 0.29) is 5.91 Å². The molecule has 138 valence electrons. The first-order valence-corrected chi connectivity index (χ1v) is 8.24. The molecular weight excluding hydrogens is 332 g/mol. The number of benzene rings is 2. The fraction of sp³-hybridized carbons (Fsp3) is 0.300. The van der Waals surface area contributed by atoms with Gasteiger partial charge in [-0.05, 0) is 31.5 Å². The molecule has 6 heteroatoms. The highest BCUT2D eigenvalue weighted by Crippen LogP contribution is 2.30. The van der Waals surface area contributed by atoms with E-state index < -0.39 is 11.3 Å². The number of amides is 2. The highest BCUT2D eigenvalue weighted by atomic mass is 16.5. The van der Waals surface area contributed by atoms with Crippen LogP contribution in [0.25, 0.3) is 0 Å². The molecule has 2 N–H and O–H groups in total. The van der Waals surface area contributed by atoms with Gasteiger partial charge in [-0.1, -0.05) is 30.3 Å². The molecule has 0 heterocycles. The van der Waals surface area contributed by atoms with E-state index in [1.165, 1.54) is 7.11 Å². The molecule has 0 aromatic heterocycles. The Bertz CT molecular complexity index is 773. The van der Waals surface area contributed by atoms with Crippen LogP contribution < -0.4 is 20.1 Å². The van der Waals surface area contributed by atoms with Gasteiger partial charge in [-0.15, -0.1) is 0 Å². The first kappa shape index (κ1) is 19.3. The van der Waals surface area contributed by atoms with Gasteiger partial charge in [0.2, 0.25) is 11.8 Å². The number of methoxy groups -OCH3 is 2. The molecule has 0 bridgehead atoms. The summed E-state index contributed by atoms with van der Waals surface area (Å²) in [5.41, 5.74) is 0.191. The Morgan fingerprint density at radius 1 is 0.962 bits per heavy atom. The summed E-state index contributed by atoms with van der Waals surface area (Å²) in [6.45, 7) is 3.53. The highest BCUT2D eigenvalue weighted by Gasteiger charge is 2.36. The van der Waals surface area contributed by atoms with Crippen LogP contribution in [0.1, 0.15) is 19.4 Å². The minimum Gasteiger partial charge on any atom is -0.497 e. The summed E-state index contributed by atoms with van der Waals surface area (Å²) in [5.74, 6) is 0.288. The second kappa shape index (κ2) is 8.38. The Kier molecular flexibility index (Phi) is 6.22. The summed E-state index contributed by atoms with van der Waals surface area (Å²) in [5, 5.41) is 5.55. The second-order valence-electron chi connectivity index (χ2n) is 6.31. The van der Waals surface area contributed by atoms with E-state index in [1.807, 2.05) is 30.3 Å². The SMILES string of the molecule is COc1ccc(NC(=O)C(C)(C)C(=O)NCc2ccccc2)c(OC)c1. The Balaban J connectivity index is 2.06. The molecule has 2 aromatic carbocycles. The summed E-state index contributed by atoms with van der Waals surface area (Å²) in [6.07, 6.45) is 0. The van der Waals surface area contributed by atoms with Crippen molar-refractivity contribution < 1.29 is 19.1 Å². The van der Waals surface area contributed by atoms with Crippen molar-refractivity contribution in [3.05, 3.63) is 54.1 Å². The van der Waals surface area contributed by atoms with Gasteiger partial charge in [-0.2, -0.15) is 0 Å². The second-order valence-corrected chi connectivity index (χ2v) is 6.31. The number of hydrogen-bond donors (Lipinski definition) is 2. The summed E-state index contributed by atoms with van der Waals surface area (Å²) in [7, 11) is 3.05. The third kappa shape index (κ3) is 4.53. The molecule has 2 rings (SSSR count). The van der Waals surface area contributed by atoms with Crippen LogP contribution in [0, 0.1) is 5.41 Å². The fourth-order valence-corrected chi connectivity index (χ4v) is 2.28. The van der Waals surface area contributed by atoms with E-state index in [0.717, 1.165) is 5.56 Å². The molecule has 2 amide bonds. The number of carbonyl (C=O) groups excluding carboxylic acids is 2. The third-order valence-electron chi connectivity index (χ3n) is 4.09. The Hall–Kier alpha value is -3.02. The Labute approximate surface area is 153 Å². The summed E-state index contributed by atoms with van der Waals surface area (Å²) in [6, 6.07) is 14.6. The van der Waals surface area contributed by atoms with Crippen LogP contribution in [0.5, 0.6) is 11.5 Å². The number of nitrogens with one attached hydrogen (secondary N) is 2. The molecule has 6 nitrogen and oxygen atoms in total. The maximum atomic E-state index is 12.7. The average Bonchev–Trinajstić information content (AvgIpc) is 2.66. The number of rotatable bonds is 7. The lowest BCUT2D eigenvalue weighted by Crippen LogP contribution is -2.44. The van der Waals surface area contributed by atoms with E-state index >= 15 is 0 Å². The monoisotopic (exact) mass is 356 g/mol. The maximum absolute atomic E-state index is 12.7. The molecule has 26 heavy (non-hydrogen) atoms. The van der Waals surface area contributed by atoms with E-state index in [4.69, 9.17) is 9.47 Å². The zero-order valence-corrected chi connectivity index (χ0v) is 15.5. The number of carbonyl (C=O) groups is 2. The van der Waals surface area contributed by atoms with Gasteiger partial charge in [-0.3, -0.25) is 9.59 Å². The molecule has 0 aliphatic carbocycles. The first-order chi connectivity index (χ1) is 12.4. The molecule has 0 spiro atoms. The molecule has 2 aromatic rings. The zero-order valence-electron chi connectivity index (χ0n) is 15.5. The van der Waals surface area contributed by atoms with E-state index in [9.17, 15) is 9.59 Å². The summed E-state index contributed by atoms with van der Waals surface area (Å²) in [4.78, 5) is 25.2. The lowest BCUT2D eigenvalue weighted by molar-refractivity contribution is -0.138. The standard InChI is InChI=1S/C20H24N2O4/c1-20(2,18(23)21-13-14-8-6-5-7-9-14)19(24)22-16-11-10-15(25-3)12-17(16)26-4/h5-12H,13H2,1-4H3,(H,21,23)(H,22,24). The zero-order chi connectivity index (χ0) is 19.2. The molecule has 0 atom stereocenters. The van der Waals surface area contributed by atoms with Crippen molar-refractivity contribution >= 4 is 17.5 Å². The Morgan fingerprint density at radius 2 is 1.65 bits per heavy atom. The van der Waals surface area contributed by atoms with Crippen LogP contribution in [-0.4, -0.2) is 26.0 Å². The predicted octanol–water partition coefficient (Wildman–Crippen LogP) is 2.98. The van der Waals surface area contributed by atoms with Gasteiger partial charge in [0.05, 0.1) is 19.9 Å². The summed E-state index contributed by atoms with van der Waals surface area (Å²) < 4.78 is 10.4.